The molecule has 1 heteroatoms. The third-order valence-electron chi connectivity index (χ3n) is 3.12. The van der Waals surface area contributed by atoms with Crippen molar-refractivity contribution in [2.24, 2.45) is 0 Å². The monoisotopic (exact) mass is 189 g/mol. The van der Waals surface area contributed by atoms with Crippen LogP contribution in [0.15, 0.2) is 24.3 Å². The van der Waals surface area contributed by atoms with Gasteiger partial charge in [0, 0.05) is 12.2 Å². The highest BCUT2D eigenvalue weighted by atomic mass is 14.8. The Balaban J connectivity index is 2.05. The SMILES string of the molecule is CCNc1ccc(C2CCCC2)cc1. The lowest BCUT2D eigenvalue weighted by Gasteiger charge is -2.10. The molecule has 76 valence electrons. The minimum atomic E-state index is 0.839. The minimum absolute atomic E-state index is 0.839. The quantitative estimate of drug-likeness (QED) is 0.763. The Bertz CT molecular complexity index is 270. The Kier molecular flexibility index (Phi) is 3.07. The van der Waals surface area contributed by atoms with Crippen LogP contribution >= 0.6 is 0 Å². The van der Waals surface area contributed by atoms with Gasteiger partial charge in [0.2, 0.25) is 0 Å². The van der Waals surface area contributed by atoms with Crippen LogP contribution in [0.3, 0.4) is 0 Å². The average molecular weight is 189 g/mol. The fraction of sp³-hybridized carbons (Fsp3) is 0.538. The van der Waals surface area contributed by atoms with Crippen LogP contribution in [0.4, 0.5) is 5.69 Å². The van der Waals surface area contributed by atoms with E-state index in [2.05, 4.69) is 36.5 Å². The smallest absolute Gasteiger partial charge is 0.0340 e. The third-order valence-corrected chi connectivity index (χ3v) is 3.12. The highest BCUT2D eigenvalue weighted by molar-refractivity contribution is 5.45. The van der Waals surface area contributed by atoms with E-state index in [0.29, 0.717) is 0 Å². The second-order valence-electron chi connectivity index (χ2n) is 4.13. The van der Waals surface area contributed by atoms with Crippen molar-refractivity contribution >= 4 is 5.69 Å². The fourth-order valence-electron chi connectivity index (χ4n) is 2.34. The van der Waals surface area contributed by atoms with Gasteiger partial charge in [0.1, 0.15) is 0 Å². The van der Waals surface area contributed by atoms with Gasteiger partial charge in [0.05, 0.1) is 0 Å². The van der Waals surface area contributed by atoms with E-state index in [9.17, 15) is 0 Å². The number of benzene rings is 1. The summed E-state index contributed by atoms with van der Waals surface area (Å²) in [5.74, 6) is 0.839. The fourth-order valence-corrected chi connectivity index (χ4v) is 2.34. The lowest BCUT2D eigenvalue weighted by atomic mass is 9.98. The Hall–Kier alpha value is -0.980. The van der Waals surface area contributed by atoms with Crippen LogP contribution in [0.25, 0.3) is 0 Å². The van der Waals surface area contributed by atoms with Crippen LogP contribution in [-0.4, -0.2) is 6.54 Å². The summed E-state index contributed by atoms with van der Waals surface area (Å²) in [4.78, 5) is 0. The number of anilines is 1. The molecule has 1 fully saturated rings. The second kappa shape index (κ2) is 4.50. The van der Waals surface area contributed by atoms with Crippen molar-refractivity contribution in [3.05, 3.63) is 29.8 Å². The highest BCUT2D eigenvalue weighted by Gasteiger charge is 2.16. The summed E-state index contributed by atoms with van der Waals surface area (Å²) in [7, 11) is 0. The lowest BCUT2D eigenvalue weighted by molar-refractivity contribution is 0.723. The molecule has 0 aliphatic heterocycles. The molecule has 1 aromatic carbocycles. The first-order chi connectivity index (χ1) is 6.90. The minimum Gasteiger partial charge on any atom is -0.385 e. The predicted molar refractivity (Wildman–Crippen MR) is 61.8 cm³/mol. The molecule has 0 radical (unpaired) electrons. The predicted octanol–water partition coefficient (Wildman–Crippen LogP) is 3.78. The molecule has 0 amide bonds. The van der Waals surface area contributed by atoms with E-state index in [-0.39, 0.29) is 0 Å². The topological polar surface area (TPSA) is 12.0 Å². The molecule has 0 unspecified atom stereocenters. The molecular weight excluding hydrogens is 170 g/mol. The Morgan fingerprint density at radius 2 is 1.79 bits per heavy atom. The van der Waals surface area contributed by atoms with Gasteiger partial charge in [-0.05, 0) is 43.4 Å². The van der Waals surface area contributed by atoms with Crippen LogP contribution in [0.1, 0.15) is 44.1 Å². The molecule has 14 heavy (non-hydrogen) atoms. The number of hydrogen-bond acceptors (Lipinski definition) is 1. The van der Waals surface area contributed by atoms with E-state index in [4.69, 9.17) is 0 Å². The van der Waals surface area contributed by atoms with Gasteiger partial charge >= 0.3 is 0 Å². The molecular formula is C13H19N. The largest absolute Gasteiger partial charge is 0.385 e. The van der Waals surface area contributed by atoms with Gasteiger partial charge in [0.15, 0.2) is 0 Å². The van der Waals surface area contributed by atoms with Gasteiger partial charge < -0.3 is 5.32 Å². The summed E-state index contributed by atoms with van der Waals surface area (Å²) in [6.45, 7) is 3.13. The molecule has 1 aromatic rings. The molecule has 1 saturated carbocycles. The van der Waals surface area contributed by atoms with Gasteiger partial charge in [-0.1, -0.05) is 25.0 Å². The first-order valence-corrected chi connectivity index (χ1v) is 5.74. The van der Waals surface area contributed by atoms with E-state index in [0.717, 1.165) is 12.5 Å². The van der Waals surface area contributed by atoms with Crippen molar-refractivity contribution in [2.45, 2.75) is 38.5 Å². The zero-order valence-corrected chi connectivity index (χ0v) is 8.92. The molecule has 0 aromatic heterocycles. The molecule has 1 nitrogen and oxygen atoms in total. The normalized spacial score (nSPS) is 17.2. The van der Waals surface area contributed by atoms with Crippen molar-refractivity contribution < 1.29 is 0 Å². The summed E-state index contributed by atoms with van der Waals surface area (Å²) >= 11 is 0. The Morgan fingerprint density at radius 3 is 2.36 bits per heavy atom. The summed E-state index contributed by atoms with van der Waals surface area (Å²) in [5, 5.41) is 3.33. The van der Waals surface area contributed by atoms with Crippen molar-refractivity contribution in [1.82, 2.24) is 0 Å². The standard InChI is InChI=1S/C13H19N/c1-2-14-13-9-7-12(8-10-13)11-5-3-4-6-11/h7-11,14H,2-6H2,1H3. The van der Waals surface area contributed by atoms with Crippen molar-refractivity contribution in [3.8, 4) is 0 Å². The van der Waals surface area contributed by atoms with E-state index in [1.54, 1.807) is 0 Å². The lowest BCUT2D eigenvalue weighted by Crippen LogP contribution is -1.97. The Morgan fingerprint density at radius 1 is 1.14 bits per heavy atom. The molecule has 1 aliphatic carbocycles. The third kappa shape index (κ3) is 2.09. The van der Waals surface area contributed by atoms with E-state index in [1.165, 1.54) is 36.9 Å². The molecule has 0 spiro atoms. The zero-order chi connectivity index (χ0) is 9.80. The summed E-state index contributed by atoms with van der Waals surface area (Å²) in [5.41, 5.74) is 2.78. The molecule has 0 atom stereocenters. The van der Waals surface area contributed by atoms with E-state index in [1.807, 2.05) is 0 Å². The number of hydrogen-bond donors (Lipinski definition) is 1. The average Bonchev–Trinajstić information content (AvgIpc) is 2.72. The van der Waals surface area contributed by atoms with E-state index >= 15 is 0 Å². The zero-order valence-electron chi connectivity index (χ0n) is 8.92. The molecule has 2 rings (SSSR count). The Labute approximate surface area is 86.5 Å². The maximum Gasteiger partial charge on any atom is 0.0340 e. The second-order valence-corrected chi connectivity index (χ2v) is 4.13. The first-order valence-electron chi connectivity index (χ1n) is 5.74. The van der Waals surface area contributed by atoms with Crippen LogP contribution in [0.5, 0.6) is 0 Å². The first kappa shape index (κ1) is 9.57. The molecule has 0 saturated heterocycles. The summed E-state index contributed by atoms with van der Waals surface area (Å²) in [6, 6.07) is 8.98. The summed E-state index contributed by atoms with van der Waals surface area (Å²) < 4.78 is 0. The van der Waals surface area contributed by atoms with Crippen molar-refractivity contribution in [3.63, 3.8) is 0 Å². The maximum atomic E-state index is 3.33. The van der Waals surface area contributed by atoms with Crippen molar-refractivity contribution in [1.29, 1.82) is 0 Å². The van der Waals surface area contributed by atoms with Crippen LogP contribution in [0.2, 0.25) is 0 Å². The maximum absolute atomic E-state index is 3.33. The highest BCUT2D eigenvalue weighted by Crippen LogP contribution is 2.34. The number of rotatable bonds is 3. The van der Waals surface area contributed by atoms with Gasteiger partial charge in [0.25, 0.3) is 0 Å². The van der Waals surface area contributed by atoms with Gasteiger partial charge in [-0.3, -0.25) is 0 Å². The van der Waals surface area contributed by atoms with Crippen LogP contribution < -0.4 is 5.32 Å². The van der Waals surface area contributed by atoms with Crippen LogP contribution in [-0.2, 0) is 0 Å². The van der Waals surface area contributed by atoms with Crippen molar-refractivity contribution in [2.75, 3.05) is 11.9 Å². The molecule has 0 bridgehead atoms. The van der Waals surface area contributed by atoms with Gasteiger partial charge in [-0.2, -0.15) is 0 Å². The molecule has 0 heterocycles. The number of nitrogens with one attached hydrogen (secondary N) is 1. The molecule has 1 N–H and O–H groups in total. The molecule has 1 aliphatic rings. The van der Waals surface area contributed by atoms with E-state index < -0.39 is 0 Å². The summed E-state index contributed by atoms with van der Waals surface area (Å²) in [6.07, 6.45) is 5.61. The van der Waals surface area contributed by atoms with Crippen LogP contribution in [0, 0.1) is 0 Å². The van der Waals surface area contributed by atoms with Gasteiger partial charge in [-0.15, -0.1) is 0 Å². The van der Waals surface area contributed by atoms with Gasteiger partial charge in [-0.25, -0.2) is 0 Å².